The molecule has 0 aromatic rings. The summed E-state index contributed by atoms with van der Waals surface area (Å²) in [6, 6.07) is 0. The van der Waals surface area contributed by atoms with E-state index in [0.29, 0.717) is 38.5 Å². The highest BCUT2D eigenvalue weighted by Crippen LogP contribution is 2.75. The zero-order chi connectivity index (χ0) is 41.3. The van der Waals surface area contributed by atoms with Gasteiger partial charge < -0.3 is 59.8 Å². The highest BCUT2D eigenvalue weighted by molar-refractivity contribution is 5.89. The van der Waals surface area contributed by atoms with Gasteiger partial charge in [0.05, 0.1) is 24.2 Å². The molecule has 6 fully saturated rings. The average molecular weight is 795 g/mol. The van der Waals surface area contributed by atoms with Crippen molar-refractivity contribution in [1.82, 2.24) is 0 Å². The number of ether oxygens (including phenoxy) is 4. The quantitative estimate of drug-likeness (QED) is 0.146. The van der Waals surface area contributed by atoms with Crippen LogP contribution in [0.2, 0.25) is 0 Å². The maximum Gasteiger partial charge on any atom is 0.315 e. The number of hydrogen-bond acceptors (Lipinski definition) is 14. The molecule has 0 spiro atoms. The number of allylic oxidation sites excluding steroid dienone is 1. The number of carbonyl (C=O) groups excluding carboxylic acids is 2. The Hall–Kier alpha value is -1.56. The fraction of sp³-hybridized carbons (Fsp3) is 0.905. The molecule has 19 atom stereocenters. The van der Waals surface area contributed by atoms with Crippen LogP contribution >= 0.6 is 0 Å². The molecule has 7 rings (SSSR count). The summed E-state index contributed by atoms with van der Waals surface area (Å²) in [7, 11) is 0. The highest BCUT2D eigenvalue weighted by Gasteiger charge is 2.71. The molecular weight excluding hydrogens is 728 g/mol. The maximum absolute atomic E-state index is 14.8. The van der Waals surface area contributed by atoms with Crippen LogP contribution < -0.4 is 0 Å². The van der Waals surface area contributed by atoms with Crippen LogP contribution in [0.15, 0.2) is 11.6 Å². The number of aliphatic hydroxyl groups is 8. The molecule has 19 unspecified atom stereocenters. The van der Waals surface area contributed by atoms with Gasteiger partial charge in [0.2, 0.25) is 6.29 Å². The number of esters is 1. The second kappa shape index (κ2) is 14.0. The van der Waals surface area contributed by atoms with Crippen LogP contribution in [0, 0.1) is 50.2 Å². The summed E-state index contributed by atoms with van der Waals surface area (Å²) in [4.78, 5) is 28.1. The van der Waals surface area contributed by atoms with Gasteiger partial charge in [-0.3, -0.25) is 9.59 Å². The van der Waals surface area contributed by atoms with Gasteiger partial charge >= 0.3 is 5.97 Å². The third kappa shape index (κ3) is 5.89. The van der Waals surface area contributed by atoms with E-state index in [-0.39, 0.29) is 28.4 Å². The van der Waals surface area contributed by atoms with Crippen LogP contribution in [0.25, 0.3) is 0 Å². The van der Waals surface area contributed by atoms with Crippen LogP contribution in [-0.4, -0.2) is 133 Å². The first kappa shape index (κ1) is 42.6. The van der Waals surface area contributed by atoms with Crippen molar-refractivity contribution in [1.29, 1.82) is 0 Å². The minimum absolute atomic E-state index is 0.0875. The first-order chi connectivity index (χ1) is 25.9. The van der Waals surface area contributed by atoms with Crippen LogP contribution in [0.1, 0.15) is 107 Å². The van der Waals surface area contributed by atoms with Gasteiger partial charge in [-0.15, -0.1) is 0 Å². The molecule has 2 saturated heterocycles. The van der Waals surface area contributed by atoms with Crippen molar-refractivity contribution in [3.63, 3.8) is 0 Å². The Kier molecular flexibility index (Phi) is 10.6. The summed E-state index contributed by atoms with van der Waals surface area (Å²) in [6.45, 7) is 15.5. The monoisotopic (exact) mass is 794 g/mol. The zero-order valence-electron chi connectivity index (χ0n) is 34.1. The lowest BCUT2D eigenvalue weighted by Crippen LogP contribution is -2.68. The molecular formula is C42H66O14. The number of carbonyl (C=O) groups is 2. The molecule has 318 valence electrons. The average Bonchev–Trinajstić information content (AvgIpc) is 3.13. The SMILES string of the molecule is CC1OC(OC2C(CO)OC(OC(=O)C34CCC(C)(C)C(O)C3C3=CCC5C6(C)CC(O)C(=O)C(C)(C)C6CCC5(C)C3(C)CC4)C(O)C2O)C(O)C(O)C1O. The Balaban J connectivity index is 1.17. The molecule has 8 N–H and O–H groups in total. The Bertz CT molecular complexity index is 1580. The van der Waals surface area contributed by atoms with Crippen molar-refractivity contribution >= 4 is 11.8 Å². The fourth-order valence-corrected chi connectivity index (χ4v) is 13.4. The van der Waals surface area contributed by atoms with Gasteiger partial charge in [-0.1, -0.05) is 60.1 Å². The summed E-state index contributed by atoms with van der Waals surface area (Å²) in [5.41, 5.74) is -2.38. The fourth-order valence-electron chi connectivity index (χ4n) is 13.4. The molecule has 0 radical (unpaired) electrons. The Morgan fingerprint density at radius 3 is 2.11 bits per heavy atom. The molecule has 0 aromatic heterocycles. The first-order valence-corrected chi connectivity index (χ1v) is 20.7. The maximum atomic E-state index is 14.8. The molecule has 14 heteroatoms. The van der Waals surface area contributed by atoms with Gasteiger partial charge in [0, 0.05) is 11.3 Å². The van der Waals surface area contributed by atoms with Gasteiger partial charge in [0.25, 0.3) is 0 Å². The van der Waals surface area contributed by atoms with E-state index in [1.54, 1.807) is 0 Å². The molecule has 56 heavy (non-hydrogen) atoms. The Morgan fingerprint density at radius 1 is 0.804 bits per heavy atom. The van der Waals surface area contributed by atoms with Crippen molar-refractivity contribution in [2.75, 3.05) is 6.61 Å². The van der Waals surface area contributed by atoms with Crippen molar-refractivity contribution in [3.8, 4) is 0 Å². The number of Topliss-reactive ketones (excluding diaryl/α,β-unsaturated/α-hetero) is 1. The number of ketones is 1. The Morgan fingerprint density at radius 2 is 1.45 bits per heavy atom. The van der Waals surface area contributed by atoms with Crippen LogP contribution in [0.5, 0.6) is 0 Å². The van der Waals surface area contributed by atoms with Crippen LogP contribution in [0.3, 0.4) is 0 Å². The molecule has 7 aliphatic rings. The minimum Gasteiger partial charge on any atom is -0.432 e. The summed E-state index contributed by atoms with van der Waals surface area (Å²) in [5.74, 6) is -1.14. The summed E-state index contributed by atoms with van der Waals surface area (Å²) in [5, 5.41) is 87.2. The van der Waals surface area contributed by atoms with Crippen LogP contribution in [0.4, 0.5) is 0 Å². The van der Waals surface area contributed by atoms with E-state index in [0.717, 1.165) is 18.4 Å². The number of rotatable bonds is 5. The molecule has 0 bridgehead atoms. The molecule has 0 aromatic carbocycles. The second-order valence-corrected chi connectivity index (χ2v) is 20.6. The largest absolute Gasteiger partial charge is 0.432 e. The van der Waals surface area contributed by atoms with Gasteiger partial charge in [-0.25, -0.2) is 0 Å². The lowest BCUT2D eigenvalue weighted by molar-refractivity contribution is -0.354. The predicted molar refractivity (Wildman–Crippen MR) is 198 cm³/mol. The Labute approximate surface area is 329 Å². The molecule has 0 amide bonds. The van der Waals surface area contributed by atoms with Gasteiger partial charge in [0.1, 0.15) is 48.8 Å². The summed E-state index contributed by atoms with van der Waals surface area (Å²) in [6.07, 6.45) is -10.4. The van der Waals surface area contributed by atoms with Crippen molar-refractivity contribution in [2.24, 2.45) is 50.2 Å². The van der Waals surface area contributed by atoms with Gasteiger partial charge in [0.15, 0.2) is 12.1 Å². The summed E-state index contributed by atoms with van der Waals surface area (Å²) >= 11 is 0. The van der Waals surface area contributed by atoms with Crippen molar-refractivity contribution in [3.05, 3.63) is 11.6 Å². The molecule has 2 aliphatic heterocycles. The normalized spacial score (nSPS) is 53.8. The first-order valence-electron chi connectivity index (χ1n) is 20.7. The topological polar surface area (TPSA) is 233 Å². The van der Waals surface area contributed by atoms with E-state index in [2.05, 4.69) is 26.8 Å². The predicted octanol–water partition coefficient (Wildman–Crippen LogP) is 1.49. The van der Waals surface area contributed by atoms with E-state index >= 15 is 0 Å². The van der Waals surface area contributed by atoms with Crippen LogP contribution in [-0.2, 0) is 28.5 Å². The van der Waals surface area contributed by atoms with E-state index in [4.69, 9.17) is 18.9 Å². The summed E-state index contributed by atoms with van der Waals surface area (Å²) < 4.78 is 23.2. The number of aliphatic hydroxyl groups excluding tert-OH is 8. The molecule has 14 nitrogen and oxygen atoms in total. The smallest absolute Gasteiger partial charge is 0.315 e. The number of fused-ring (bicyclic) bond motifs is 7. The van der Waals surface area contributed by atoms with Crippen molar-refractivity contribution < 1.29 is 69.4 Å². The highest BCUT2D eigenvalue weighted by atomic mass is 16.7. The minimum atomic E-state index is -1.85. The van der Waals surface area contributed by atoms with E-state index in [1.807, 2.05) is 27.7 Å². The van der Waals surface area contributed by atoms with E-state index < -0.39 is 114 Å². The molecule has 5 aliphatic carbocycles. The number of hydrogen-bond donors (Lipinski definition) is 8. The standard InChI is InChI=1S/C42H66O14/c1-19-26(45)27(46)29(48)34(53-19)55-31-22(18-43)54-35(30(49)28(31)47)56-36(52)42-15-13-37(2,3)33(51)25(42)20-9-10-24-39(6)17-21(44)32(50)38(4,5)23(39)11-12-41(24,8)40(20,7)14-16-42/h9,19,21-31,33-35,43-49,51H,10-18H2,1-8H3. The van der Waals surface area contributed by atoms with E-state index in [1.165, 1.54) is 6.92 Å². The third-order valence-corrected chi connectivity index (χ3v) is 17.1. The third-order valence-electron chi connectivity index (χ3n) is 17.1. The van der Waals surface area contributed by atoms with Gasteiger partial charge in [-0.05, 0) is 91.8 Å². The second-order valence-electron chi connectivity index (χ2n) is 20.6. The zero-order valence-corrected chi connectivity index (χ0v) is 34.1. The molecule has 2 heterocycles. The lowest BCUT2D eigenvalue weighted by atomic mass is 9.33. The van der Waals surface area contributed by atoms with E-state index in [9.17, 15) is 50.4 Å². The van der Waals surface area contributed by atoms with Gasteiger partial charge in [-0.2, -0.15) is 0 Å². The lowest BCUT2D eigenvalue weighted by Gasteiger charge is -2.71. The molecule has 4 saturated carbocycles. The van der Waals surface area contributed by atoms with Crippen molar-refractivity contribution in [2.45, 2.75) is 180 Å².